The van der Waals surface area contributed by atoms with E-state index >= 15 is 0 Å². The number of rotatable bonds is 6. The predicted molar refractivity (Wildman–Crippen MR) is 84.8 cm³/mol. The first-order valence-corrected chi connectivity index (χ1v) is 9.97. The summed E-state index contributed by atoms with van der Waals surface area (Å²) < 4.78 is 22.6. The highest BCUT2D eigenvalue weighted by Crippen LogP contribution is 2.22. The van der Waals surface area contributed by atoms with Crippen molar-refractivity contribution < 1.29 is 8.42 Å². The summed E-state index contributed by atoms with van der Waals surface area (Å²) in [7, 11) is -2.83. The Balaban J connectivity index is 2.15. The second-order valence-electron chi connectivity index (χ2n) is 6.27. The number of sulfone groups is 1. The third-order valence-corrected chi connectivity index (χ3v) is 5.36. The molecule has 1 heterocycles. The van der Waals surface area contributed by atoms with E-state index < -0.39 is 9.84 Å². The van der Waals surface area contributed by atoms with Crippen LogP contribution in [0.25, 0.3) is 0 Å². The normalized spacial score (nSPS) is 19.8. The van der Waals surface area contributed by atoms with E-state index in [0.717, 1.165) is 32.7 Å². The summed E-state index contributed by atoms with van der Waals surface area (Å²) in [6, 6.07) is 0. The molecule has 6 heteroatoms. The summed E-state index contributed by atoms with van der Waals surface area (Å²) >= 11 is 2.01. The van der Waals surface area contributed by atoms with Crippen molar-refractivity contribution in [2.45, 2.75) is 25.5 Å². The molecule has 0 aromatic carbocycles. The van der Waals surface area contributed by atoms with E-state index in [2.05, 4.69) is 30.6 Å². The zero-order valence-electron chi connectivity index (χ0n) is 12.7. The minimum Gasteiger partial charge on any atom is -0.300 e. The highest BCUT2D eigenvalue weighted by Gasteiger charge is 2.18. The molecule has 0 spiro atoms. The molecule has 1 fully saturated rings. The molecule has 1 rings (SSSR count). The number of hydrogen-bond donors (Lipinski definition) is 0. The molecule has 1 aliphatic rings. The van der Waals surface area contributed by atoms with E-state index in [1.54, 1.807) is 0 Å². The van der Waals surface area contributed by atoms with Crippen LogP contribution in [0.15, 0.2) is 0 Å². The molecule has 0 unspecified atom stereocenters. The van der Waals surface area contributed by atoms with Crippen molar-refractivity contribution in [2.75, 3.05) is 57.0 Å². The first-order chi connectivity index (χ1) is 8.66. The van der Waals surface area contributed by atoms with E-state index in [9.17, 15) is 8.42 Å². The van der Waals surface area contributed by atoms with Gasteiger partial charge in [0.25, 0.3) is 0 Å². The van der Waals surface area contributed by atoms with Crippen LogP contribution in [0.1, 0.15) is 20.8 Å². The lowest BCUT2D eigenvalue weighted by Gasteiger charge is -2.34. The number of hydrogen-bond acceptors (Lipinski definition) is 5. The number of thioether (sulfide) groups is 1. The average molecular weight is 309 g/mol. The lowest BCUT2D eigenvalue weighted by molar-refractivity contribution is 0.144. The van der Waals surface area contributed by atoms with E-state index in [4.69, 9.17) is 0 Å². The van der Waals surface area contributed by atoms with Crippen LogP contribution >= 0.6 is 11.8 Å². The fourth-order valence-corrected chi connectivity index (χ4v) is 3.56. The fourth-order valence-electron chi connectivity index (χ4n) is 2.01. The standard InChI is InChI=1S/C13H28N2O2S2/c1-13(2,3)18-11-9-14-5-7-15(8-6-14)10-12-19(4,16)17/h5-12H2,1-4H3. The van der Waals surface area contributed by atoms with Crippen LogP contribution in [0.3, 0.4) is 0 Å². The van der Waals surface area contributed by atoms with Crippen molar-refractivity contribution in [2.24, 2.45) is 0 Å². The predicted octanol–water partition coefficient (Wildman–Crippen LogP) is 1.18. The lowest BCUT2D eigenvalue weighted by atomic mass is 10.3. The van der Waals surface area contributed by atoms with E-state index in [-0.39, 0.29) is 5.75 Å². The lowest BCUT2D eigenvalue weighted by Crippen LogP contribution is -2.48. The topological polar surface area (TPSA) is 40.6 Å². The van der Waals surface area contributed by atoms with Gasteiger partial charge in [-0.15, -0.1) is 0 Å². The largest absolute Gasteiger partial charge is 0.300 e. The van der Waals surface area contributed by atoms with Crippen LogP contribution in [0.5, 0.6) is 0 Å². The van der Waals surface area contributed by atoms with Crippen molar-refractivity contribution in [3.05, 3.63) is 0 Å². The van der Waals surface area contributed by atoms with Crippen LogP contribution in [0.2, 0.25) is 0 Å². The summed E-state index contributed by atoms with van der Waals surface area (Å²) in [5.41, 5.74) is 0. The molecule has 0 radical (unpaired) electrons. The second kappa shape index (κ2) is 7.29. The molecule has 1 saturated heterocycles. The Labute approximate surface area is 122 Å². The Kier molecular flexibility index (Phi) is 6.63. The minimum atomic E-state index is -2.83. The van der Waals surface area contributed by atoms with Gasteiger partial charge in [-0.2, -0.15) is 11.8 Å². The molecule has 0 atom stereocenters. The van der Waals surface area contributed by atoms with Gasteiger partial charge in [0.2, 0.25) is 0 Å². The second-order valence-corrected chi connectivity index (χ2v) is 10.5. The Hall–Kier alpha value is 0.220. The fraction of sp³-hybridized carbons (Fsp3) is 1.00. The molecule has 0 bridgehead atoms. The van der Waals surface area contributed by atoms with Crippen molar-refractivity contribution in [1.82, 2.24) is 9.80 Å². The average Bonchev–Trinajstić information content (AvgIpc) is 2.25. The minimum absolute atomic E-state index is 0.285. The molecule has 1 aliphatic heterocycles. The molecule has 114 valence electrons. The summed E-state index contributed by atoms with van der Waals surface area (Å²) in [4.78, 5) is 4.74. The Morgan fingerprint density at radius 2 is 1.47 bits per heavy atom. The molecule has 19 heavy (non-hydrogen) atoms. The van der Waals surface area contributed by atoms with Gasteiger partial charge in [-0.3, -0.25) is 9.80 Å². The van der Waals surface area contributed by atoms with Gasteiger partial charge in [-0.1, -0.05) is 20.8 Å². The molecule has 0 saturated carbocycles. The SMILES string of the molecule is CC(C)(C)SCCN1CCN(CCS(C)(=O)=O)CC1. The number of nitrogens with zero attached hydrogens (tertiary/aromatic N) is 2. The van der Waals surface area contributed by atoms with Gasteiger partial charge < -0.3 is 0 Å². The molecule has 0 aliphatic carbocycles. The summed E-state index contributed by atoms with van der Waals surface area (Å²) in [6.07, 6.45) is 1.31. The summed E-state index contributed by atoms with van der Waals surface area (Å²) in [5, 5.41) is 0. The molecule has 0 aromatic rings. The van der Waals surface area contributed by atoms with Gasteiger partial charge in [0.1, 0.15) is 9.84 Å². The highest BCUT2D eigenvalue weighted by atomic mass is 32.2. The molecule has 0 aromatic heterocycles. The zero-order chi connectivity index (χ0) is 14.5. The van der Waals surface area contributed by atoms with Crippen molar-refractivity contribution in [1.29, 1.82) is 0 Å². The first-order valence-electron chi connectivity index (χ1n) is 6.92. The van der Waals surface area contributed by atoms with Gasteiger partial charge in [-0.05, 0) is 0 Å². The van der Waals surface area contributed by atoms with Crippen LogP contribution in [0.4, 0.5) is 0 Å². The van der Waals surface area contributed by atoms with E-state index in [1.165, 1.54) is 12.0 Å². The quantitative estimate of drug-likeness (QED) is 0.737. The Bertz CT molecular complexity index is 355. The third-order valence-electron chi connectivity index (χ3n) is 3.19. The van der Waals surface area contributed by atoms with Gasteiger partial charge in [0.05, 0.1) is 5.75 Å². The molecular weight excluding hydrogens is 280 g/mol. The van der Waals surface area contributed by atoms with E-state index in [0.29, 0.717) is 11.3 Å². The van der Waals surface area contributed by atoms with Crippen LogP contribution in [-0.2, 0) is 9.84 Å². The Morgan fingerprint density at radius 1 is 1.00 bits per heavy atom. The van der Waals surface area contributed by atoms with Gasteiger partial charge in [0.15, 0.2) is 0 Å². The maximum atomic E-state index is 11.1. The zero-order valence-corrected chi connectivity index (χ0v) is 14.3. The molecular formula is C13H28N2O2S2. The van der Waals surface area contributed by atoms with Crippen LogP contribution in [0, 0.1) is 0 Å². The molecule has 0 amide bonds. The van der Waals surface area contributed by atoms with Gasteiger partial charge in [-0.25, -0.2) is 8.42 Å². The molecule has 4 nitrogen and oxygen atoms in total. The highest BCUT2D eigenvalue weighted by molar-refractivity contribution is 8.00. The van der Waals surface area contributed by atoms with Crippen LogP contribution < -0.4 is 0 Å². The monoisotopic (exact) mass is 308 g/mol. The van der Waals surface area contributed by atoms with Crippen molar-refractivity contribution >= 4 is 21.6 Å². The van der Waals surface area contributed by atoms with Crippen molar-refractivity contribution in [3.8, 4) is 0 Å². The number of piperazine rings is 1. The maximum Gasteiger partial charge on any atom is 0.148 e. The molecule has 0 N–H and O–H groups in total. The van der Waals surface area contributed by atoms with Crippen molar-refractivity contribution in [3.63, 3.8) is 0 Å². The van der Waals surface area contributed by atoms with Crippen LogP contribution in [-0.4, -0.2) is 80.0 Å². The Morgan fingerprint density at radius 3 is 1.89 bits per heavy atom. The van der Waals surface area contributed by atoms with Gasteiger partial charge >= 0.3 is 0 Å². The van der Waals surface area contributed by atoms with E-state index in [1.807, 2.05) is 11.8 Å². The third kappa shape index (κ3) is 8.89. The first kappa shape index (κ1) is 17.3. The maximum absolute atomic E-state index is 11.1. The summed E-state index contributed by atoms with van der Waals surface area (Å²) in [6.45, 7) is 12.7. The van der Waals surface area contributed by atoms with Gasteiger partial charge in [0, 0.05) is 56.0 Å². The smallest absolute Gasteiger partial charge is 0.148 e. The summed E-state index contributed by atoms with van der Waals surface area (Å²) in [5.74, 6) is 1.46.